The summed E-state index contributed by atoms with van der Waals surface area (Å²) in [6.45, 7) is 1.91. The second-order valence-electron chi connectivity index (χ2n) is 6.70. The number of rotatable bonds is 4. The Kier molecular flexibility index (Phi) is 4.78. The van der Waals surface area contributed by atoms with E-state index in [1.807, 2.05) is 17.0 Å². The molecule has 4 rings (SSSR count). The average molecular weight is 364 g/mol. The molecule has 138 valence electrons. The van der Waals surface area contributed by atoms with Crippen LogP contribution in [0.5, 0.6) is 0 Å². The van der Waals surface area contributed by atoms with Crippen molar-refractivity contribution in [3.05, 3.63) is 65.0 Å². The van der Waals surface area contributed by atoms with Gasteiger partial charge >= 0.3 is 0 Å². The van der Waals surface area contributed by atoms with Crippen molar-refractivity contribution in [2.24, 2.45) is 5.92 Å². The Morgan fingerprint density at radius 3 is 2.63 bits per heavy atom. The smallest absolute Gasteiger partial charge is 0.266 e. The third kappa shape index (κ3) is 3.79. The number of nitrogens with one attached hydrogen (secondary N) is 1. The van der Waals surface area contributed by atoms with Crippen LogP contribution in [0.15, 0.2) is 53.8 Å². The highest BCUT2D eigenvalue weighted by Gasteiger charge is 2.24. The minimum absolute atomic E-state index is 0.00261. The van der Waals surface area contributed by atoms with Crippen LogP contribution in [-0.2, 0) is 6.54 Å². The predicted octanol–water partition coefficient (Wildman–Crippen LogP) is 1.58. The van der Waals surface area contributed by atoms with Gasteiger partial charge in [0.15, 0.2) is 0 Å². The first-order chi connectivity index (χ1) is 13.2. The minimum atomic E-state index is -0.107. The summed E-state index contributed by atoms with van der Waals surface area (Å²) in [5.74, 6) is 0.313. The number of aromatic amines is 1. The number of piperidine rings is 1. The Morgan fingerprint density at radius 1 is 1.15 bits per heavy atom. The van der Waals surface area contributed by atoms with E-state index in [1.54, 1.807) is 36.9 Å². The number of likely N-dealkylation sites (tertiary alicyclic amines) is 1. The molecule has 1 fully saturated rings. The van der Waals surface area contributed by atoms with Gasteiger partial charge in [-0.2, -0.15) is 10.2 Å². The summed E-state index contributed by atoms with van der Waals surface area (Å²) < 4.78 is 1.54. The Hall–Kier alpha value is -3.29. The number of hydrogen-bond donors (Lipinski definition) is 1. The van der Waals surface area contributed by atoms with E-state index in [1.165, 1.54) is 4.68 Å². The number of H-pyrrole nitrogens is 1. The zero-order chi connectivity index (χ0) is 18.6. The van der Waals surface area contributed by atoms with Gasteiger partial charge in [0, 0.05) is 49.9 Å². The molecule has 3 aromatic heterocycles. The molecule has 0 atom stereocenters. The summed E-state index contributed by atoms with van der Waals surface area (Å²) in [6, 6.07) is 7.04. The minimum Gasteiger partial charge on any atom is -0.339 e. The van der Waals surface area contributed by atoms with Gasteiger partial charge in [0.25, 0.3) is 11.5 Å². The molecular formula is C19H20N6O2. The van der Waals surface area contributed by atoms with Crippen molar-refractivity contribution in [3.8, 4) is 11.3 Å². The van der Waals surface area contributed by atoms with Crippen molar-refractivity contribution < 1.29 is 4.79 Å². The lowest BCUT2D eigenvalue weighted by Crippen LogP contribution is -2.40. The number of pyridine rings is 1. The van der Waals surface area contributed by atoms with E-state index in [9.17, 15) is 9.59 Å². The summed E-state index contributed by atoms with van der Waals surface area (Å²) in [5, 5.41) is 11.0. The molecular weight excluding hydrogens is 344 g/mol. The number of carbonyl (C=O) groups excluding carboxylic acids is 1. The quantitative estimate of drug-likeness (QED) is 0.758. The highest BCUT2D eigenvalue weighted by molar-refractivity contribution is 5.93. The Bertz CT molecular complexity index is 959. The number of amides is 1. The van der Waals surface area contributed by atoms with Gasteiger partial charge < -0.3 is 4.90 Å². The van der Waals surface area contributed by atoms with Crippen LogP contribution >= 0.6 is 0 Å². The predicted molar refractivity (Wildman–Crippen MR) is 98.9 cm³/mol. The van der Waals surface area contributed by atoms with Gasteiger partial charge in [-0.05, 0) is 37.0 Å². The van der Waals surface area contributed by atoms with E-state index in [-0.39, 0.29) is 11.5 Å². The van der Waals surface area contributed by atoms with Gasteiger partial charge in [0.1, 0.15) is 0 Å². The van der Waals surface area contributed by atoms with Crippen LogP contribution in [-0.4, -0.2) is 48.9 Å². The summed E-state index contributed by atoms with van der Waals surface area (Å²) in [4.78, 5) is 30.4. The molecule has 0 radical (unpaired) electrons. The number of nitrogens with zero attached hydrogens (tertiary/aromatic N) is 5. The summed E-state index contributed by atoms with van der Waals surface area (Å²) in [5.41, 5.74) is 2.16. The van der Waals surface area contributed by atoms with Crippen molar-refractivity contribution in [1.29, 1.82) is 0 Å². The lowest BCUT2D eigenvalue weighted by atomic mass is 9.96. The number of carbonyl (C=O) groups is 1. The average Bonchev–Trinajstić information content (AvgIpc) is 3.25. The van der Waals surface area contributed by atoms with Gasteiger partial charge in [-0.25, -0.2) is 4.68 Å². The molecule has 0 unspecified atom stereocenters. The van der Waals surface area contributed by atoms with E-state index in [0.29, 0.717) is 31.1 Å². The molecule has 0 bridgehead atoms. The van der Waals surface area contributed by atoms with E-state index in [4.69, 9.17) is 0 Å². The van der Waals surface area contributed by atoms with Crippen LogP contribution in [0.25, 0.3) is 11.3 Å². The molecule has 8 nitrogen and oxygen atoms in total. The summed E-state index contributed by atoms with van der Waals surface area (Å²) >= 11 is 0. The SMILES string of the molecule is O=C(c1cn[nH]c1)N1CCC(Cn2nc(-c3ccncc3)ccc2=O)CC1. The van der Waals surface area contributed by atoms with Gasteiger partial charge in [0.2, 0.25) is 0 Å². The van der Waals surface area contributed by atoms with E-state index >= 15 is 0 Å². The molecule has 4 heterocycles. The normalized spacial score (nSPS) is 15.0. The van der Waals surface area contributed by atoms with Crippen molar-refractivity contribution in [3.63, 3.8) is 0 Å². The lowest BCUT2D eigenvalue weighted by Gasteiger charge is -2.31. The second-order valence-corrected chi connectivity index (χ2v) is 6.70. The van der Waals surface area contributed by atoms with Crippen LogP contribution in [0, 0.1) is 5.92 Å². The van der Waals surface area contributed by atoms with Crippen LogP contribution in [0.2, 0.25) is 0 Å². The molecule has 0 aliphatic carbocycles. The maximum absolute atomic E-state index is 12.4. The first-order valence-electron chi connectivity index (χ1n) is 8.97. The van der Waals surface area contributed by atoms with Gasteiger partial charge in [-0.1, -0.05) is 0 Å². The summed E-state index contributed by atoms with van der Waals surface area (Å²) in [6.07, 6.45) is 8.26. The highest BCUT2D eigenvalue weighted by atomic mass is 16.2. The first-order valence-corrected chi connectivity index (χ1v) is 8.97. The fourth-order valence-corrected chi connectivity index (χ4v) is 3.37. The molecule has 0 spiro atoms. The van der Waals surface area contributed by atoms with Crippen molar-refractivity contribution in [1.82, 2.24) is 29.9 Å². The zero-order valence-electron chi connectivity index (χ0n) is 14.8. The fourth-order valence-electron chi connectivity index (χ4n) is 3.37. The molecule has 0 saturated carbocycles. The third-order valence-electron chi connectivity index (χ3n) is 4.92. The molecule has 27 heavy (non-hydrogen) atoms. The van der Waals surface area contributed by atoms with Gasteiger partial charge in [-0.3, -0.25) is 19.7 Å². The lowest BCUT2D eigenvalue weighted by molar-refractivity contribution is 0.0680. The number of aromatic nitrogens is 5. The third-order valence-corrected chi connectivity index (χ3v) is 4.92. The van der Waals surface area contributed by atoms with Crippen LogP contribution < -0.4 is 5.56 Å². The Morgan fingerprint density at radius 2 is 1.93 bits per heavy atom. The van der Waals surface area contributed by atoms with Crippen molar-refractivity contribution in [2.75, 3.05) is 13.1 Å². The highest BCUT2D eigenvalue weighted by Crippen LogP contribution is 2.20. The van der Waals surface area contributed by atoms with Gasteiger partial charge in [0.05, 0.1) is 17.5 Å². The first kappa shape index (κ1) is 17.1. The molecule has 1 N–H and O–H groups in total. The molecule has 1 aliphatic rings. The van der Waals surface area contributed by atoms with Crippen LogP contribution in [0.1, 0.15) is 23.2 Å². The second kappa shape index (κ2) is 7.53. The monoisotopic (exact) mass is 364 g/mol. The summed E-state index contributed by atoms with van der Waals surface area (Å²) in [7, 11) is 0. The van der Waals surface area contributed by atoms with E-state index in [0.717, 1.165) is 24.1 Å². The molecule has 8 heteroatoms. The maximum Gasteiger partial charge on any atom is 0.266 e. The maximum atomic E-state index is 12.4. The van der Waals surface area contributed by atoms with Crippen molar-refractivity contribution >= 4 is 5.91 Å². The fraction of sp³-hybridized carbons (Fsp3) is 0.316. The van der Waals surface area contributed by atoms with Crippen molar-refractivity contribution in [2.45, 2.75) is 19.4 Å². The Balaban J connectivity index is 1.42. The molecule has 1 amide bonds. The molecule has 1 saturated heterocycles. The molecule has 1 aliphatic heterocycles. The standard InChI is InChI=1S/C19H20N6O2/c26-18-2-1-17(15-3-7-20-8-4-15)23-25(18)13-14-5-9-24(10-6-14)19(27)16-11-21-22-12-16/h1-4,7-8,11-12,14H,5-6,9-10,13H2,(H,21,22). The zero-order valence-corrected chi connectivity index (χ0v) is 14.8. The largest absolute Gasteiger partial charge is 0.339 e. The number of hydrogen-bond acceptors (Lipinski definition) is 5. The molecule has 0 aromatic carbocycles. The topological polar surface area (TPSA) is 96.8 Å². The van der Waals surface area contributed by atoms with Crippen LogP contribution in [0.3, 0.4) is 0 Å². The van der Waals surface area contributed by atoms with Gasteiger partial charge in [-0.15, -0.1) is 0 Å². The Labute approximate surface area is 155 Å². The molecule has 3 aromatic rings. The van der Waals surface area contributed by atoms with E-state index < -0.39 is 0 Å². The van der Waals surface area contributed by atoms with E-state index in [2.05, 4.69) is 20.3 Å². The van der Waals surface area contributed by atoms with Crippen LogP contribution in [0.4, 0.5) is 0 Å².